The smallest absolute Gasteiger partial charge is 0.126 e. The highest BCUT2D eigenvalue weighted by Crippen LogP contribution is 2.23. The quantitative estimate of drug-likeness (QED) is 0.906. The van der Waals surface area contributed by atoms with E-state index in [4.69, 9.17) is 0 Å². The minimum Gasteiger partial charge on any atom is -0.378 e. The van der Waals surface area contributed by atoms with Gasteiger partial charge in [-0.15, -0.1) is 0 Å². The first kappa shape index (κ1) is 15.4. The van der Waals surface area contributed by atoms with E-state index in [1.165, 1.54) is 12.1 Å². The molecule has 2 aromatic rings. The summed E-state index contributed by atoms with van der Waals surface area (Å²) >= 11 is 0. The second-order valence-electron chi connectivity index (χ2n) is 5.31. The summed E-state index contributed by atoms with van der Waals surface area (Å²) in [5.74, 6) is -1.08. The van der Waals surface area contributed by atoms with Crippen LogP contribution in [0, 0.1) is 11.6 Å². The number of hydrogen-bond donors (Lipinski definition) is 1. The van der Waals surface area contributed by atoms with Crippen molar-refractivity contribution in [3.05, 3.63) is 65.2 Å². The number of halogens is 2. The molecule has 2 rings (SSSR count). The minimum absolute atomic E-state index is 0.00565. The molecule has 0 heterocycles. The molecule has 0 amide bonds. The first-order chi connectivity index (χ1) is 9.99. The predicted molar refractivity (Wildman–Crippen MR) is 82.6 cm³/mol. The van der Waals surface area contributed by atoms with E-state index in [2.05, 4.69) is 11.4 Å². The van der Waals surface area contributed by atoms with Crippen LogP contribution in [0.2, 0.25) is 0 Å². The van der Waals surface area contributed by atoms with Crippen molar-refractivity contribution in [3.63, 3.8) is 0 Å². The maximum absolute atomic E-state index is 13.3. The third-order valence-electron chi connectivity index (χ3n) is 3.50. The van der Waals surface area contributed by atoms with Gasteiger partial charge in [0.1, 0.15) is 11.6 Å². The largest absolute Gasteiger partial charge is 0.378 e. The lowest BCUT2D eigenvalue weighted by molar-refractivity contribution is 0.562. The summed E-state index contributed by atoms with van der Waals surface area (Å²) in [5.41, 5.74) is 2.83. The summed E-state index contributed by atoms with van der Waals surface area (Å²) in [6.45, 7) is 0. The predicted octanol–water partition coefficient (Wildman–Crippen LogP) is 3.53. The van der Waals surface area contributed by atoms with Gasteiger partial charge in [-0.3, -0.25) is 0 Å². The van der Waals surface area contributed by atoms with Crippen LogP contribution < -0.4 is 10.2 Å². The molecule has 2 nitrogen and oxygen atoms in total. The highest BCUT2D eigenvalue weighted by molar-refractivity contribution is 5.48. The van der Waals surface area contributed by atoms with E-state index in [1.54, 1.807) is 0 Å². The average Bonchev–Trinajstić information content (AvgIpc) is 2.44. The van der Waals surface area contributed by atoms with Gasteiger partial charge in [-0.2, -0.15) is 0 Å². The fourth-order valence-electron chi connectivity index (χ4n) is 2.37. The Morgan fingerprint density at radius 3 is 2.29 bits per heavy atom. The second kappa shape index (κ2) is 6.68. The van der Waals surface area contributed by atoms with Gasteiger partial charge in [-0.1, -0.05) is 12.1 Å². The topological polar surface area (TPSA) is 15.3 Å². The highest BCUT2D eigenvalue weighted by Gasteiger charge is 2.12. The Bertz CT molecular complexity index is 591. The number of benzene rings is 2. The number of nitrogens with zero attached hydrogens (tertiary/aromatic N) is 1. The van der Waals surface area contributed by atoms with Crippen molar-refractivity contribution in [1.29, 1.82) is 0 Å². The fourth-order valence-corrected chi connectivity index (χ4v) is 2.37. The van der Waals surface area contributed by atoms with Crippen molar-refractivity contribution >= 4 is 5.69 Å². The zero-order valence-electron chi connectivity index (χ0n) is 12.5. The molecule has 4 heteroatoms. The Labute approximate surface area is 124 Å². The monoisotopic (exact) mass is 290 g/mol. The summed E-state index contributed by atoms with van der Waals surface area (Å²) in [5, 5.41) is 3.21. The summed E-state index contributed by atoms with van der Waals surface area (Å²) in [4.78, 5) is 2.03. The maximum atomic E-state index is 13.3. The van der Waals surface area contributed by atoms with Gasteiger partial charge >= 0.3 is 0 Å². The molecule has 1 N–H and O–H groups in total. The zero-order valence-corrected chi connectivity index (χ0v) is 12.5. The number of rotatable bonds is 5. The van der Waals surface area contributed by atoms with Crippen LogP contribution in [0.15, 0.2) is 42.5 Å². The molecular formula is C17H20F2N2. The highest BCUT2D eigenvalue weighted by atomic mass is 19.1. The van der Waals surface area contributed by atoms with Gasteiger partial charge in [0.2, 0.25) is 0 Å². The van der Waals surface area contributed by atoms with Crippen molar-refractivity contribution in [1.82, 2.24) is 5.32 Å². The molecule has 21 heavy (non-hydrogen) atoms. The van der Waals surface area contributed by atoms with Crippen molar-refractivity contribution in [2.75, 3.05) is 26.0 Å². The third kappa shape index (κ3) is 4.02. The Hall–Kier alpha value is -1.94. The van der Waals surface area contributed by atoms with Crippen molar-refractivity contribution in [3.8, 4) is 0 Å². The lowest BCUT2D eigenvalue weighted by Gasteiger charge is -2.20. The molecule has 0 spiro atoms. The van der Waals surface area contributed by atoms with Crippen LogP contribution in [-0.2, 0) is 6.42 Å². The molecule has 112 valence electrons. The summed E-state index contributed by atoms with van der Waals surface area (Å²) in [6.07, 6.45) is 0.530. The lowest BCUT2D eigenvalue weighted by atomic mass is 9.98. The summed E-state index contributed by atoms with van der Waals surface area (Å²) < 4.78 is 26.6. The standard InChI is InChI=1S/C17H20F2N2/c1-20-17(9-12-7-14(18)11-15(19)8-12)13-5-4-6-16(10-13)21(2)3/h4-8,10-11,17,20H,9H2,1-3H3. The van der Waals surface area contributed by atoms with Gasteiger partial charge in [0.05, 0.1) is 0 Å². The first-order valence-corrected chi connectivity index (χ1v) is 6.89. The van der Waals surface area contributed by atoms with Gasteiger partial charge in [-0.25, -0.2) is 8.78 Å². The van der Waals surface area contributed by atoms with E-state index >= 15 is 0 Å². The Morgan fingerprint density at radius 2 is 1.71 bits per heavy atom. The van der Waals surface area contributed by atoms with Gasteiger partial charge in [0, 0.05) is 31.9 Å². The van der Waals surface area contributed by atoms with Crippen LogP contribution in [0.25, 0.3) is 0 Å². The molecule has 1 unspecified atom stereocenters. The molecule has 1 atom stereocenters. The van der Waals surface area contributed by atoms with Gasteiger partial charge < -0.3 is 10.2 Å². The van der Waals surface area contributed by atoms with E-state index in [-0.39, 0.29) is 6.04 Å². The van der Waals surface area contributed by atoms with Crippen LogP contribution in [-0.4, -0.2) is 21.1 Å². The van der Waals surface area contributed by atoms with E-state index < -0.39 is 11.6 Å². The number of nitrogens with one attached hydrogen (secondary N) is 1. The number of likely N-dealkylation sites (N-methyl/N-ethyl adjacent to an activating group) is 1. The average molecular weight is 290 g/mol. The van der Waals surface area contributed by atoms with E-state index in [9.17, 15) is 8.78 Å². The SMILES string of the molecule is CNC(Cc1cc(F)cc(F)c1)c1cccc(N(C)C)c1. The second-order valence-corrected chi connectivity index (χ2v) is 5.31. The molecule has 0 bridgehead atoms. The summed E-state index contributed by atoms with van der Waals surface area (Å²) in [6, 6.07) is 11.8. The molecule has 0 aliphatic heterocycles. The van der Waals surface area contributed by atoms with Gasteiger partial charge in [0.15, 0.2) is 0 Å². The van der Waals surface area contributed by atoms with Crippen molar-refractivity contribution in [2.24, 2.45) is 0 Å². The molecule has 0 radical (unpaired) electrons. The molecular weight excluding hydrogens is 270 g/mol. The molecule has 0 aromatic heterocycles. The maximum Gasteiger partial charge on any atom is 0.126 e. The Balaban J connectivity index is 2.25. The van der Waals surface area contributed by atoms with Crippen LogP contribution >= 0.6 is 0 Å². The van der Waals surface area contributed by atoms with Crippen LogP contribution in [0.4, 0.5) is 14.5 Å². The normalized spacial score (nSPS) is 12.2. The first-order valence-electron chi connectivity index (χ1n) is 6.89. The molecule has 2 aromatic carbocycles. The van der Waals surface area contributed by atoms with Gasteiger partial charge in [0.25, 0.3) is 0 Å². The Morgan fingerprint density at radius 1 is 1.05 bits per heavy atom. The van der Waals surface area contributed by atoms with E-state index in [1.807, 2.05) is 44.2 Å². The summed E-state index contributed by atoms with van der Waals surface area (Å²) in [7, 11) is 5.81. The number of hydrogen-bond acceptors (Lipinski definition) is 2. The van der Waals surface area contributed by atoms with Crippen LogP contribution in [0.1, 0.15) is 17.2 Å². The van der Waals surface area contributed by atoms with Crippen molar-refractivity contribution < 1.29 is 8.78 Å². The minimum atomic E-state index is -0.540. The number of anilines is 1. The lowest BCUT2D eigenvalue weighted by Crippen LogP contribution is -2.19. The van der Waals surface area contributed by atoms with Crippen molar-refractivity contribution in [2.45, 2.75) is 12.5 Å². The third-order valence-corrected chi connectivity index (χ3v) is 3.50. The molecule has 0 aliphatic rings. The zero-order chi connectivity index (χ0) is 15.4. The molecule has 0 aliphatic carbocycles. The molecule has 0 fully saturated rings. The fraction of sp³-hybridized carbons (Fsp3) is 0.294. The molecule has 0 saturated heterocycles. The van der Waals surface area contributed by atoms with Gasteiger partial charge in [-0.05, 0) is 48.9 Å². The van der Waals surface area contributed by atoms with E-state index in [0.717, 1.165) is 17.3 Å². The van der Waals surface area contributed by atoms with Crippen LogP contribution in [0.5, 0.6) is 0 Å². The van der Waals surface area contributed by atoms with Crippen LogP contribution in [0.3, 0.4) is 0 Å². The molecule has 0 saturated carbocycles. The Kier molecular flexibility index (Phi) is 4.91. The van der Waals surface area contributed by atoms with E-state index in [0.29, 0.717) is 12.0 Å².